The first-order chi connectivity index (χ1) is 16.8. The van der Waals surface area contributed by atoms with Crippen molar-refractivity contribution < 1.29 is 24.2 Å². The Morgan fingerprint density at radius 1 is 1.00 bits per heavy atom. The Labute approximate surface area is 206 Å². The lowest BCUT2D eigenvalue weighted by molar-refractivity contribution is -0.138. The predicted molar refractivity (Wildman–Crippen MR) is 133 cm³/mol. The van der Waals surface area contributed by atoms with Crippen molar-refractivity contribution in [1.82, 2.24) is 10.6 Å². The maximum absolute atomic E-state index is 12.5. The maximum atomic E-state index is 12.5. The Kier molecular flexibility index (Phi) is 7.73. The molecule has 2 aromatic carbocycles. The number of carboxylic acid groups (broad SMARTS) is 1. The summed E-state index contributed by atoms with van der Waals surface area (Å²) in [6.45, 7) is 5.10. The van der Waals surface area contributed by atoms with Crippen LogP contribution in [0.1, 0.15) is 50.2 Å². The van der Waals surface area contributed by atoms with Gasteiger partial charge >= 0.3 is 12.1 Å². The molecule has 0 radical (unpaired) electrons. The number of rotatable bonds is 11. The fourth-order valence-electron chi connectivity index (χ4n) is 5.19. The van der Waals surface area contributed by atoms with Gasteiger partial charge in [-0.1, -0.05) is 62.4 Å². The highest BCUT2D eigenvalue weighted by Gasteiger charge is 2.43. The number of nitrogens with one attached hydrogen (secondary N) is 2. The smallest absolute Gasteiger partial charge is 0.407 e. The van der Waals surface area contributed by atoms with Crippen molar-refractivity contribution in [1.29, 1.82) is 0 Å². The minimum Gasteiger partial charge on any atom is -0.481 e. The van der Waals surface area contributed by atoms with Gasteiger partial charge in [0.2, 0.25) is 5.91 Å². The highest BCUT2D eigenvalue weighted by atomic mass is 16.5. The van der Waals surface area contributed by atoms with E-state index in [1.54, 1.807) is 0 Å². The lowest BCUT2D eigenvalue weighted by Crippen LogP contribution is -2.33. The van der Waals surface area contributed by atoms with Gasteiger partial charge in [0, 0.05) is 31.3 Å². The molecule has 0 unspecified atom stereocenters. The van der Waals surface area contributed by atoms with E-state index >= 15 is 0 Å². The first-order valence-electron chi connectivity index (χ1n) is 12.4. The molecule has 0 bridgehead atoms. The highest BCUT2D eigenvalue weighted by molar-refractivity contribution is 5.82. The van der Waals surface area contributed by atoms with Crippen LogP contribution in [0.4, 0.5) is 4.79 Å². The molecule has 0 aliphatic heterocycles. The van der Waals surface area contributed by atoms with Gasteiger partial charge in [-0.3, -0.25) is 9.59 Å². The summed E-state index contributed by atoms with van der Waals surface area (Å²) in [5, 5.41) is 14.8. The fraction of sp³-hybridized carbons (Fsp3) is 0.464. The largest absolute Gasteiger partial charge is 0.481 e. The summed E-state index contributed by atoms with van der Waals surface area (Å²) in [4.78, 5) is 35.9. The molecule has 0 heterocycles. The van der Waals surface area contributed by atoms with E-state index < -0.39 is 12.1 Å². The van der Waals surface area contributed by atoms with Crippen molar-refractivity contribution in [2.45, 2.75) is 39.0 Å². The lowest BCUT2D eigenvalue weighted by atomic mass is 9.94. The molecule has 0 saturated heterocycles. The number of carboxylic acids is 1. The summed E-state index contributed by atoms with van der Waals surface area (Å²) >= 11 is 0. The van der Waals surface area contributed by atoms with Gasteiger partial charge in [0.1, 0.15) is 6.61 Å². The van der Waals surface area contributed by atoms with Gasteiger partial charge in [-0.15, -0.1) is 0 Å². The molecule has 2 aliphatic rings. The molecule has 0 aromatic heterocycles. The first-order valence-corrected chi connectivity index (χ1v) is 12.4. The summed E-state index contributed by atoms with van der Waals surface area (Å²) in [5.41, 5.74) is 4.70. The van der Waals surface area contributed by atoms with Crippen molar-refractivity contribution in [3.8, 4) is 11.1 Å². The fourth-order valence-corrected chi connectivity index (χ4v) is 5.19. The monoisotopic (exact) mass is 478 g/mol. The van der Waals surface area contributed by atoms with Gasteiger partial charge in [-0.25, -0.2) is 4.79 Å². The van der Waals surface area contributed by atoms with Crippen LogP contribution in [0.15, 0.2) is 48.5 Å². The molecule has 2 aliphatic carbocycles. The normalized spacial score (nSPS) is 18.9. The number of ether oxygens (including phenoxy) is 1. The summed E-state index contributed by atoms with van der Waals surface area (Å²) in [7, 11) is 0. The molecule has 4 rings (SSSR count). The lowest BCUT2D eigenvalue weighted by Gasteiger charge is -2.18. The third-order valence-electron chi connectivity index (χ3n) is 6.94. The van der Waals surface area contributed by atoms with Crippen molar-refractivity contribution in [3.05, 3.63) is 59.7 Å². The molecule has 0 spiro atoms. The minimum absolute atomic E-state index is 0.0113. The number of alkyl carbamates (subject to hydrolysis) is 1. The maximum Gasteiger partial charge on any atom is 0.407 e. The highest BCUT2D eigenvalue weighted by Crippen LogP contribution is 2.44. The number of amides is 2. The average molecular weight is 479 g/mol. The van der Waals surface area contributed by atoms with Crippen LogP contribution in [0.25, 0.3) is 11.1 Å². The molecule has 1 fully saturated rings. The number of carbonyl (C=O) groups excluding carboxylic acids is 2. The van der Waals surface area contributed by atoms with Crippen LogP contribution >= 0.6 is 0 Å². The molecule has 3 atom stereocenters. The van der Waals surface area contributed by atoms with E-state index in [1.807, 2.05) is 38.1 Å². The Morgan fingerprint density at radius 3 is 2.23 bits per heavy atom. The predicted octanol–water partition coefficient (Wildman–Crippen LogP) is 4.41. The zero-order valence-electron chi connectivity index (χ0n) is 20.3. The molecule has 2 aromatic rings. The SMILES string of the molecule is CC(C)C[C@H](CNC(=O)[C@@H]1C[C@@H]1CNC(=O)OCC1c2ccccc2-c2ccccc21)CC(=O)O. The third-order valence-corrected chi connectivity index (χ3v) is 6.94. The van der Waals surface area contributed by atoms with Crippen LogP contribution in [-0.2, 0) is 14.3 Å². The zero-order valence-corrected chi connectivity index (χ0v) is 20.3. The van der Waals surface area contributed by atoms with Crippen LogP contribution in [-0.4, -0.2) is 42.8 Å². The van der Waals surface area contributed by atoms with Crippen LogP contribution in [0.3, 0.4) is 0 Å². The number of carbonyl (C=O) groups is 3. The molecular weight excluding hydrogens is 444 g/mol. The molecule has 186 valence electrons. The van der Waals surface area contributed by atoms with Crippen molar-refractivity contribution in [2.75, 3.05) is 19.7 Å². The summed E-state index contributed by atoms with van der Waals surface area (Å²) < 4.78 is 5.56. The number of hydrogen-bond donors (Lipinski definition) is 3. The van der Waals surface area contributed by atoms with Gasteiger partial charge in [0.05, 0.1) is 0 Å². The van der Waals surface area contributed by atoms with Crippen molar-refractivity contribution in [2.24, 2.45) is 23.7 Å². The van der Waals surface area contributed by atoms with Gasteiger partial charge in [-0.05, 0) is 52.8 Å². The van der Waals surface area contributed by atoms with Crippen LogP contribution in [0.5, 0.6) is 0 Å². The van der Waals surface area contributed by atoms with Crippen molar-refractivity contribution in [3.63, 3.8) is 0 Å². The van der Waals surface area contributed by atoms with E-state index in [4.69, 9.17) is 9.84 Å². The quantitative estimate of drug-likeness (QED) is 0.444. The second-order valence-electron chi connectivity index (χ2n) is 10.1. The molecule has 35 heavy (non-hydrogen) atoms. The second-order valence-corrected chi connectivity index (χ2v) is 10.1. The van der Waals surface area contributed by atoms with Crippen LogP contribution < -0.4 is 10.6 Å². The Balaban J connectivity index is 1.20. The Morgan fingerprint density at radius 2 is 1.63 bits per heavy atom. The van der Waals surface area contributed by atoms with Gasteiger partial charge in [-0.2, -0.15) is 0 Å². The molecule has 7 nitrogen and oxygen atoms in total. The number of fused-ring (bicyclic) bond motifs is 3. The topological polar surface area (TPSA) is 105 Å². The second kappa shape index (κ2) is 10.9. The first kappa shape index (κ1) is 24.8. The standard InChI is InChI=1S/C28H34N2O5/c1-17(2)11-18(12-26(31)32)14-29-27(33)24-13-19(24)15-30-28(34)35-16-25-22-9-5-3-7-20(22)21-8-4-6-10-23(21)25/h3-10,17-19,24-25H,11-16H2,1-2H3,(H,29,33)(H,30,34)(H,31,32)/t18-,19+,24+/m0/s1. The van der Waals surface area contributed by atoms with E-state index in [2.05, 4.69) is 34.9 Å². The van der Waals surface area contributed by atoms with E-state index in [0.29, 0.717) is 25.4 Å². The van der Waals surface area contributed by atoms with Crippen molar-refractivity contribution >= 4 is 18.0 Å². The van der Waals surface area contributed by atoms with E-state index in [9.17, 15) is 14.4 Å². The average Bonchev–Trinajstić information content (AvgIpc) is 3.54. The summed E-state index contributed by atoms with van der Waals surface area (Å²) in [6, 6.07) is 16.4. The van der Waals surface area contributed by atoms with Crippen LogP contribution in [0, 0.1) is 23.7 Å². The summed E-state index contributed by atoms with van der Waals surface area (Å²) in [5.74, 6) is -0.673. The summed E-state index contributed by atoms with van der Waals surface area (Å²) in [6.07, 6.45) is 1.04. The molecule has 2 amide bonds. The zero-order chi connectivity index (χ0) is 24.9. The number of hydrogen-bond acceptors (Lipinski definition) is 4. The molecule has 7 heteroatoms. The van der Waals surface area contributed by atoms with E-state index in [-0.39, 0.29) is 42.6 Å². The van der Waals surface area contributed by atoms with Gasteiger partial charge < -0.3 is 20.5 Å². The van der Waals surface area contributed by atoms with Gasteiger partial charge in [0.25, 0.3) is 0 Å². The number of aliphatic carboxylic acids is 1. The molecule has 3 N–H and O–H groups in total. The van der Waals surface area contributed by atoms with Crippen LogP contribution in [0.2, 0.25) is 0 Å². The Hall–Kier alpha value is -3.35. The minimum atomic E-state index is -0.846. The van der Waals surface area contributed by atoms with E-state index in [1.165, 1.54) is 22.3 Å². The Bertz CT molecular complexity index is 1040. The molecular formula is C28H34N2O5. The molecule has 1 saturated carbocycles. The van der Waals surface area contributed by atoms with E-state index in [0.717, 1.165) is 6.42 Å². The van der Waals surface area contributed by atoms with Gasteiger partial charge in [0.15, 0.2) is 0 Å². The number of benzene rings is 2. The third kappa shape index (κ3) is 6.21.